The Kier molecular flexibility index (Phi) is 27.0. The van der Waals surface area contributed by atoms with E-state index in [0.717, 1.165) is 17.3 Å². The number of hydrogen-bond acceptors (Lipinski definition) is 2. The number of quaternary nitrogens is 1. The fourth-order valence-electron chi connectivity index (χ4n) is 3.43. The van der Waals surface area contributed by atoms with E-state index in [-0.39, 0.29) is 5.97 Å². The van der Waals surface area contributed by atoms with Crippen molar-refractivity contribution in [2.24, 2.45) is 0 Å². The number of unbranched alkanes of at least 4 members (excludes halogenated alkanes) is 17. The van der Waals surface area contributed by atoms with Crippen molar-refractivity contribution in [1.82, 2.24) is 0 Å². The molecule has 0 saturated heterocycles. The van der Waals surface area contributed by atoms with E-state index in [9.17, 15) is 4.79 Å². The van der Waals surface area contributed by atoms with Crippen LogP contribution in [0.1, 0.15) is 142 Å². The summed E-state index contributed by atoms with van der Waals surface area (Å²) in [6.07, 6.45) is 25.5. The van der Waals surface area contributed by atoms with Crippen LogP contribution in [0.4, 0.5) is 0 Å². The first-order valence-electron chi connectivity index (χ1n) is 13.8. The maximum atomic E-state index is 11.7. The highest BCUT2D eigenvalue weighted by atomic mass is 16.5. The van der Waals surface area contributed by atoms with Gasteiger partial charge in [0, 0.05) is 6.42 Å². The van der Waals surface area contributed by atoms with Gasteiger partial charge in [-0.25, -0.2) is 0 Å². The van der Waals surface area contributed by atoms with Gasteiger partial charge in [-0.1, -0.05) is 123 Å². The second kappa shape index (κ2) is 25.7. The molecule has 0 aliphatic carbocycles. The van der Waals surface area contributed by atoms with E-state index in [4.69, 9.17) is 4.74 Å². The molecule has 0 bridgehead atoms. The molecule has 0 aromatic heterocycles. The van der Waals surface area contributed by atoms with E-state index in [1.807, 2.05) is 0 Å². The van der Waals surface area contributed by atoms with Gasteiger partial charge in [0.1, 0.15) is 0 Å². The van der Waals surface area contributed by atoms with Gasteiger partial charge in [-0.05, 0) is 12.8 Å². The first-order valence-corrected chi connectivity index (χ1v) is 13.8. The smallest absolute Gasteiger partial charge is 0.305 e. The summed E-state index contributed by atoms with van der Waals surface area (Å²) >= 11 is 0. The summed E-state index contributed by atoms with van der Waals surface area (Å²) in [5.41, 5.74) is 0. The largest absolute Gasteiger partial charge is 0.466 e. The lowest BCUT2D eigenvalue weighted by molar-refractivity contribution is -0.849. The standard InChI is InChI=1S/C24H48O2.C4H12N/c1-3-5-7-9-11-13-15-17-19-21-23-26-24(25)22-20-18-16-14-12-10-8-6-4-2;1-5(2,3)4/h3-23H2,1-2H3;1-4H3/q;+1. The van der Waals surface area contributed by atoms with Crippen molar-refractivity contribution in [1.29, 1.82) is 0 Å². The van der Waals surface area contributed by atoms with Crippen LogP contribution < -0.4 is 0 Å². The molecular weight excluding hydrogens is 382 g/mol. The van der Waals surface area contributed by atoms with Gasteiger partial charge >= 0.3 is 5.97 Å². The molecule has 188 valence electrons. The Morgan fingerprint density at radius 1 is 0.516 bits per heavy atom. The van der Waals surface area contributed by atoms with Gasteiger partial charge in [0.2, 0.25) is 0 Å². The number of esters is 1. The molecule has 0 atom stereocenters. The Balaban J connectivity index is 0. The quantitative estimate of drug-likeness (QED) is 0.101. The van der Waals surface area contributed by atoms with E-state index in [2.05, 4.69) is 42.0 Å². The predicted octanol–water partition coefficient (Wildman–Crippen LogP) is 8.69. The molecule has 0 unspecified atom stereocenters. The zero-order valence-electron chi connectivity index (χ0n) is 22.6. The van der Waals surface area contributed by atoms with Crippen LogP contribution in [0.25, 0.3) is 0 Å². The Labute approximate surface area is 197 Å². The molecule has 0 radical (unpaired) electrons. The highest BCUT2D eigenvalue weighted by Gasteiger charge is 2.02. The van der Waals surface area contributed by atoms with Crippen molar-refractivity contribution >= 4 is 5.97 Å². The maximum absolute atomic E-state index is 11.7. The molecule has 0 amide bonds. The van der Waals surface area contributed by atoms with Crippen molar-refractivity contribution < 1.29 is 14.0 Å². The van der Waals surface area contributed by atoms with E-state index < -0.39 is 0 Å². The second-order valence-corrected chi connectivity index (χ2v) is 10.7. The lowest BCUT2D eigenvalue weighted by atomic mass is 10.1. The molecule has 0 fully saturated rings. The Morgan fingerprint density at radius 2 is 0.806 bits per heavy atom. The molecule has 0 spiro atoms. The minimum Gasteiger partial charge on any atom is -0.466 e. The summed E-state index contributed by atoms with van der Waals surface area (Å²) in [6, 6.07) is 0. The molecule has 0 heterocycles. The van der Waals surface area contributed by atoms with Gasteiger partial charge in [-0.15, -0.1) is 0 Å². The average Bonchev–Trinajstić information content (AvgIpc) is 2.69. The number of rotatable bonds is 21. The van der Waals surface area contributed by atoms with E-state index >= 15 is 0 Å². The Hall–Kier alpha value is -0.570. The van der Waals surface area contributed by atoms with Crippen molar-refractivity contribution in [3.63, 3.8) is 0 Å². The van der Waals surface area contributed by atoms with Gasteiger partial charge in [-0.2, -0.15) is 0 Å². The average molecular weight is 443 g/mol. The topological polar surface area (TPSA) is 26.3 Å². The van der Waals surface area contributed by atoms with Crippen LogP contribution in [0.2, 0.25) is 0 Å². The lowest BCUT2D eigenvalue weighted by Gasteiger charge is -2.14. The minimum atomic E-state index is 0.0175. The number of hydrogen-bond donors (Lipinski definition) is 0. The summed E-state index contributed by atoms with van der Waals surface area (Å²) in [5, 5.41) is 0. The molecule has 0 aliphatic heterocycles. The van der Waals surface area contributed by atoms with E-state index in [0.29, 0.717) is 13.0 Å². The minimum absolute atomic E-state index is 0.0175. The molecule has 0 aromatic rings. The number of carbonyl (C=O) groups excluding carboxylic acids is 1. The second-order valence-electron chi connectivity index (χ2n) is 10.7. The van der Waals surface area contributed by atoms with Gasteiger partial charge in [0.25, 0.3) is 0 Å². The zero-order chi connectivity index (χ0) is 23.6. The summed E-state index contributed by atoms with van der Waals surface area (Å²) in [5.74, 6) is 0.0175. The molecule has 0 aliphatic rings. The summed E-state index contributed by atoms with van der Waals surface area (Å²) in [4.78, 5) is 11.7. The summed E-state index contributed by atoms with van der Waals surface area (Å²) < 4.78 is 6.35. The molecule has 31 heavy (non-hydrogen) atoms. The molecule has 0 aromatic carbocycles. The molecule has 0 saturated carbocycles. The highest BCUT2D eigenvalue weighted by Crippen LogP contribution is 2.12. The zero-order valence-corrected chi connectivity index (χ0v) is 22.6. The SMILES string of the molecule is CCCCCCCCCCCCOC(=O)CCCCCCCCCCC.C[N+](C)(C)C. The van der Waals surface area contributed by atoms with E-state index in [1.54, 1.807) is 0 Å². The maximum Gasteiger partial charge on any atom is 0.305 e. The number of ether oxygens (including phenoxy) is 1. The molecule has 3 heteroatoms. The van der Waals surface area contributed by atoms with Gasteiger partial charge in [0.05, 0.1) is 34.8 Å². The first kappa shape index (κ1) is 32.6. The van der Waals surface area contributed by atoms with Gasteiger partial charge < -0.3 is 9.22 Å². The van der Waals surface area contributed by atoms with Crippen LogP contribution in [0.5, 0.6) is 0 Å². The number of carbonyl (C=O) groups is 1. The monoisotopic (exact) mass is 442 g/mol. The molecule has 0 N–H and O–H groups in total. The predicted molar refractivity (Wildman–Crippen MR) is 139 cm³/mol. The molecule has 0 rings (SSSR count). The third-order valence-electron chi connectivity index (χ3n) is 5.25. The summed E-state index contributed by atoms with van der Waals surface area (Å²) in [7, 11) is 8.50. The van der Waals surface area contributed by atoms with Crippen LogP contribution in [0.15, 0.2) is 0 Å². The van der Waals surface area contributed by atoms with E-state index in [1.165, 1.54) is 109 Å². The fourth-order valence-corrected chi connectivity index (χ4v) is 3.43. The third-order valence-corrected chi connectivity index (χ3v) is 5.25. The van der Waals surface area contributed by atoms with Gasteiger partial charge in [0.15, 0.2) is 0 Å². The van der Waals surface area contributed by atoms with Crippen LogP contribution >= 0.6 is 0 Å². The summed E-state index contributed by atoms with van der Waals surface area (Å²) in [6.45, 7) is 5.16. The van der Waals surface area contributed by atoms with Crippen molar-refractivity contribution in [3.05, 3.63) is 0 Å². The Bertz CT molecular complexity index is 343. The normalized spacial score (nSPS) is 11.2. The van der Waals surface area contributed by atoms with Crippen LogP contribution in [0, 0.1) is 0 Å². The van der Waals surface area contributed by atoms with Crippen molar-refractivity contribution in [3.8, 4) is 0 Å². The third kappa shape index (κ3) is 40.3. The van der Waals surface area contributed by atoms with Crippen LogP contribution in [-0.4, -0.2) is 45.2 Å². The van der Waals surface area contributed by atoms with Crippen LogP contribution in [-0.2, 0) is 9.53 Å². The van der Waals surface area contributed by atoms with Crippen molar-refractivity contribution in [2.75, 3.05) is 34.8 Å². The molecule has 3 nitrogen and oxygen atoms in total. The van der Waals surface area contributed by atoms with Gasteiger partial charge in [-0.3, -0.25) is 4.79 Å². The fraction of sp³-hybridized carbons (Fsp3) is 0.964. The first-order chi connectivity index (χ1) is 14.8. The Morgan fingerprint density at radius 3 is 1.16 bits per heavy atom. The number of nitrogens with zero attached hydrogens (tertiary/aromatic N) is 1. The van der Waals surface area contributed by atoms with Crippen molar-refractivity contribution in [2.45, 2.75) is 142 Å². The molecular formula is C28H60NO2+. The van der Waals surface area contributed by atoms with Crippen LogP contribution in [0.3, 0.4) is 0 Å². The highest BCUT2D eigenvalue weighted by molar-refractivity contribution is 5.69. The lowest BCUT2D eigenvalue weighted by Crippen LogP contribution is -2.27.